The van der Waals surface area contributed by atoms with E-state index in [1.54, 1.807) is 0 Å². The summed E-state index contributed by atoms with van der Waals surface area (Å²) in [5.74, 6) is -2.81. The Kier molecular flexibility index (Phi) is 5.30. The molecule has 112 valence electrons. The van der Waals surface area contributed by atoms with E-state index in [1.165, 1.54) is 4.90 Å². The lowest BCUT2D eigenvalue weighted by Gasteiger charge is -2.31. The molecular formula is C11H18N4O5. The van der Waals surface area contributed by atoms with E-state index in [0.29, 0.717) is 25.9 Å². The van der Waals surface area contributed by atoms with Crippen molar-refractivity contribution in [1.29, 1.82) is 0 Å². The summed E-state index contributed by atoms with van der Waals surface area (Å²) in [4.78, 5) is 45.9. The first-order valence-electron chi connectivity index (χ1n) is 6.17. The molecule has 1 rings (SSSR count). The quantitative estimate of drug-likeness (QED) is 0.470. The molecule has 0 aromatic carbocycles. The first-order valence-corrected chi connectivity index (χ1v) is 6.17. The van der Waals surface area contributed by atoms with Crippen LogP contribution in [0.15, 0.2) is 0 Å². The Labute approximate surface area is 115 Å². The molecule has 0 saturated carbocycles. The Morgan fingerprint density at radius 2 is 1.75 bits per heavy atom. The number of hydrogen-bond acceptors (Lipinski definition) is 4. The van der Waals surface area contributed by atoms with Gasteiger partial charge in [0.1, 0.15) is 6.04 Å². The molecule has 1 atom stereocenters. The van der Waals surface area contributed by atoms with Crippen molar-refractivity contribution in [3.63, 3.8) is 0 Å². The predicted octanol–water partition coefficient (Wildman–Crippen LogP) is -1.78. The van der Waals surface area contributed by atoms with Gasteiger partial charge in [-0.25, -0.2) is 9.59 Å². The van der Waals surface area contributed by atoms with Gasteiger partial charge in [0.05, 0.1) is 6.42 Å². The zero-order valence-corrected chi connectivity index (χ0v) is 10.9. The molecule has 1 aliphatic rings. The van der Waals surface area contributed by atoms with Crippen molar-refractivity contribution in [2.75, 3.05) is 13.1 Å². The Bertz CT molecular complexity index is 417. The van der Waals surface area contributed by atoms with Crippen molar-refractivity contribution < 1.29 is 24.3 Å². The molecular weight excluding hydrogens is 268 g/mol. The molecule has 1 aliphatic heterocycles. The highest BCUT2D eigenvalue weighted by atomic mass is 16.4. The molecule has 0 radical (unpaired) electrons. The minimum absolute atomic E-state index is 0.264. The van der Waals surface area contributed by atoms with E-state index < -0.39 is 36.3 Å². The highest BCUT2D eigenvalue weighted by Crippen LogP contribution is 2.16. The average molecular weight is 286 g/mol. The lowest BCUT2D eigenvalue weighted by Crippen LogP contribution is -2.51. The molecule has 0 aliphatic carbocycles. The number of carbonyl (C=O) groups is 4. The van der Waals surface area contributed by atoms with Crippen LogP contribution in [0.4, 0.5) is 4.79 Å². The van der Waals surface area contributed by atoms with Crippen LogP contribution in [0.3, 0.4) is 0 Å². The molecule has 9 nitrogen and oxygen atoms in total. The number of primary amides is 2. The third-order valence-electron chi connectivity index (χ3n) is 3.19. The summed E-state index contributed by atoms with van der Waals surface area (Å²) < 4.78 is 0. The van der Waals surface area contributed by atoms with Gasteiger partial charge in [0.25, 0.3) is 0 Å². The molecule has 0 spiro atoms. The number of aliphatic carboxylic acids is 1. The van der Waals surface area contributed by atoms with E-state index in [9.17, 15) is 19.2 Å². The topological polar surface area (TPSA) is 156 Å². The number of urea groups is 1. The summed E-state index contributed by atoms with van der Waals surface area (Å²) in [6.07, 6.45) is 0.408. The summed E-state index contributed by atoms with van der Waals surface area (Å²) in [6, 6.07) is -1.95. The van der Waals surface area contributed by atoms with Crippen LogP contribution in [0.2, 0.25) is 0 Å². The number of carboxylic acid groups (broad SMARTS) is 1. The van der Waals surface area contributed by atoms with Gasteiger partial charge in [-0.15, -0.1) is 0 Å². The Balaban J connectivity index is 2.52. The summed E-state index contributed by atoms with van der Waals surface area (Å²) in [5.41, 5.74) is 10.1. The molecule has 0 unspecified atom stereocenters. The van der Waals surface area contributed by atoms with Gasteiger partial charge in [0.15, 0.2) is 0 Å². The van der Waals surface area contributed by atoms with Crippen molar-refractivity contribution in [3.8, 4) is 0 Å². The maximum atomic E-state index is 11.9. The lowest BCUT2D eigenvalue weighted by atomic mass is 9.96. The summed E-state index contributed by atoms with van der Waals surface area (Å²) in [5, 5.41) is 11.1. The highest BCUT2D eigenvalue weighted by molar-refractivity contribution is 5.87. The Morgan fingerprint density at radius 3 is 2.15 bits per heavy atom. The molecule has 1 saturated heterocycles. The second kappa shape index (κ2) is 6.73. The Morgan fingerprint density at radius 1 is 1.20 bits per heavy atom. The van der Waals surface area contributed by atoms with Gasteiger partial charge in [0, 0.05) is 19.0 Å². The van der Waals surface area contributed by atoms with Gasteiger partial charge in [0.2, 0.25) is 11.8 Å². The van der Waals surface area contributed by atoms with E-state index >= 15 is 0 Å². The molecule has 0 aromatic heterocycles. The van der Waals surface area contributed by atoms with E-state index in [1.807, 2.05) is 0 Å². The number of nitrogens with one attached hydrogen (secondary N) is 1. The van der Waals surface area contributed by atoms with Gasteiger partial charge in [-0.05, 0) is 12.8 Å². The number of carbonyl (C=O) groups excluding carboxylic acids is 3. The van der Waals surface area contributed by atoms with Crippen LogP contribution in [0.25, 0.3) is 0 Å². The van der Waals surface area contributed by atoms with Crippen LogP contribution < -0.4 is 16.8 Å². The largest absolute Gasteiger partial charge is 0.480 e. The standard InChI is InChI=1S/C11H18N4O5/c12-8(16)5-7(10(18)19)14-11(20)15-3-1-6(2-4-15)9(13)17/h6-7H,1-5H2,(H2,12,16)(H2,13,17)(H,14,20)(H,18,19)/t7-/m0/s1. The molecule has 1 fully saturated rings. The third-order valence-corrected chi connectivity index (χ3v) is 3.19. The number of rotatable bonds is 5. The zero-order chi connectivity index (χ0) is 15.3. The van der Waals surface area contributed by atoms with Crippen molar-refractivity contribution in [1.82, 2.24) is 10.2 Å². The van der Waals surface area contributed by atoms with Crippen LogP contribution >= 0.6 is 0 Å². The van der Waals surface area contributed by atoms with Gasteiger partial charge in [-0.1, -0.05) is 0 Å². The first-order chi connectivity index (χ1) is 9.31. The van der Waals surface area contributed by atoms with Crippen molar-refractivity contribution in [2.24, 2.45) is 17.4 Å². The van der Waals surface area contributed by atoms with E-state index in [4.69, 9.17) is 16.6 Å². The maximum Gasteiger partial charge on any atom is 0.326 e. The van der Waals surface area contributed by atoms with Gasteiger partial charge in [-0.3, -0.25) is 9.59 Å². The zero-order valence-electron chi connectivity index (χ0n) is 10.9. The van der Waals surface area contributed by atoms with Crippen LogP contribution in [-0.2, 0) is 14.4 Å². The number of hydrogen-bond donors (Lipinski definition) is 4. The fourth-order valence-electron chi connectivity index (χ4n) is 2.01. The van der Waals surface area contributed by atoms with Crippen LogP contribution in [0, 0.1) is 5.92 Å². The summed E-state index contributed by atoms with van der Waals surface area (Å²) in [6.45, 7) is 0.616. The second-order valence-corrected chi connectivity index (χ2v) is 4.67. The van der Waals surface area contributed by atoms with Crippen LogP contribution in [0.5, 0.6) is 0 Å². The van der Waals surface area contributed by atoms with E-state index in [-0.39, 0.29) is 5.92 Å². The number of piperidine rings is 1. The minimum atomic E-state index is -1.35. The molecule has 1 heterocycles. The lowest BCUT2D eigenvalue weighted by molar-refractivity contribution is -0.141. The van der Waals surface area contributed by atoms with Crippen molar-refractivity contribution in [3.05, 3.63) is 0 Å². The summed E-state index contributed by atoms with van der Waals surface area (Å²) in [7, 11) is 0. The number of carboxylic acids is 1. The normalized spacial score (nSPS) is 17.3. The van der Waals surface area contributed by atoms with Crippen molar-refractivity contribution >= 4 is 23.8 Å². The maximum absolute atomic E-state index is 11.9. The average Bonchev–Trinajstić information content (AvgIpc) is 2.37. The molecule has 4 amide bonds. The molecule has 0 aromatic rings. The number of nitrogens with two attached hydrogens (primary N) is 2. The first kappa shape index (κ1) is 15.7. The molecule has 0 bridgehead atoms. The van der Waals surface area contributed by atoms with E-state index in [2.05, 4.69) is 5.32 Å². The Hall–Kier alpha value is -2.32. The van der Waals surface area contributed by atoms with E-state index in [0.717, 1.165) is 0 Å². The van der Waals surface area contributed by atoms with Crippen LogP contribution in [0.1, 0.15) is 19.3 Å². The van der Waals surface area contributed by atoms with Gasteiger partial charge < -0.3 is 26.8 Å². The number of nitrogens with zero attached hydrogens (tertiary/aromatic N) is 1. The van der Waals surface area contributed by atoms with Gasteiger partial charge in [-0.2, -0.15) is 0 Å². The molecule has 9 heteroatoms. The van der Waals surface area contributed by atoms with Crippen LogP contribution in [-0.4, -0.2) is 53.0 Å². The highest BCUT2D eigenvalue weighted by Gasteiger charge is 2.29. The summed E-state index contributed by atoms with van der Waals surface area (Å²) >= 11 is 0. The smallest absolute Gasteiger partial charge is 0.326 e. The fraction of sp³-hybridized carbons (Fsp3) is 0.636. The monoisotopic (exact) mass is 286 g/mol. The predicted molar refractivity (Wildman–Crippen MR) is 67.3 cm³/mol. The van der Waals surface area contributed by atoms with Gasteiger partial charge >= 0.3 is 12.0 Å². The fourth-order valence-corrected chi connectivity index (χ4v) is 2.01. The SMILES string of the molecule is NC(=O)C[C@H](NC(=O)N1CCC(C(N)=O)CC1)C(=O)O. The third kappa shape index (κ3) is 4.41. The second-order valence-electron chi connectivity index (χ2n) is 4.67. The molecule has 6 N–H and O–H groups in total. The van der Waals surface area contributed by atoms with Crippen molar-refractivity contribution in [2.45, 2.75) is 25.3 Å². The number of amides is 4. The number of likely N-dealkylation sites (tertiary alicyclic amines) is 1. The molecule has 20 heavy (non-hydrogen) atoms. The minimum Gasteiger partial charge on any atom is -0.480 e.